The van der Waals surface area contributed by atoms with Crippen LogP contribution in [0.1, 0.15) is 33.1 Å². The Kier molecular flexibility index (Phi) is 4.67. The first-order valence-electron chi connectivity index (χ1n) is 4.81. The Bertz CT molecular complexity index is 162. The number of hydrogen-bond donors (Lipinski definition) is 0. The highest BCUT2D eigenvalue weighted by molar-refractivity contribution is 8.17. The van der Waals surface area contributed by atoms with Gasteiger partial charge in [0, 0.05) is 6.42 Å². The van der Waals surface area contributed by atoms with Gasteiger partial charge in [0.05, 0.1) is 4.58 Å². The van der Waals surface area contributed by atoms with Crippen LogP contribution in [0.3, 0.4) is 0 Å². The first-order chi connectivity index (χ1) is 6.14. The van der Waals surface area contributed by atoms with E-state index in [0.29, 0.717) is 6.42 Å². The molecule has 0 aromatic rings. The van der Waals surface area contributed by atoms with Crippen molar-refractivity contribution in [2.75, 3.05) is 11.5 Å². The van der Waals surface area contributed by atoms with Crippen LogP contribution < -0.4 is 0 Å². The smallest absolute Gasteiger partial charge is 0.120 e. The minimum atomic E-state index is 0.198. The van der Waals surface area contributed by atoms with E-state index in [0.717, 1.165) is 10.9 Å². The molecule has 0 unspecified atom stereocenters. The van der Waals surface area contributed by atoms with E-state index >= 15 is 0 Å². The molecule has 0 amide bonds. The van der Waals surface area contributed by atoms with Gasteiger partial charge in [0.25, 0.3) is 0 Å². The highest BCUT2D eigenvalue weighted by Crippen LogP contribution is 2.39. The summed E-state index contributed by atoms with van der Waals surface area (Å²) in [6.07, 6.45) is 4.27. The van der Waals surface area contributed by atoms with Crippen molar-refractivity contribution < 1.29 is 4.79 Å². The summed E-state index contributed by atoms with van der Waals surface area (Å²) in [5, 5.41) is 0. The van der Waals surface area contributed by atoms with Gasteiger partial charge in [0.15, 0.2) is 0 Å². The normalized spacial score (nSPS) is 20.2. The molecule has 13 heavy (non-hydrogen) atoms. The molecule has 1 rings (SSSR count). The van der Waals surface area contributed by atoms with Gasteiger partial charge in [0.2, 0.25) is 0 Å². The number of aldehydes is 1. The molecule has 1 saturated heterocycles. The topological polar surface area (TPSA) is 17.1 Å². The van der Waals surface area contributed by atoms with Gasteiger partial charge in [-0.1, -0.05) is 13.8 Å². The predicted octanol–water partition coefficient (Wildman–Crippen LogP) is 3.19. The minimum absolute atomic E-state index is 0.198. The van der Waals surface area contributed by atoms with Crippen molar-refractivity contribution in [3.05, 3.63) is 0 Å². The summed E-state index contributed by atoms with van der Waals surface area (Å²) in [5.74, 6) is 2.60. The number of hydrogen-bond acceptors (Lipinski definition) is 3. The van der Waals surface area contributed by atoms with Crippen LogP contribution in [-0.2, 0) is 4.79 Å². The Morgan fingerprint density at radius 2 is 2.00 bits per heavy atom. The highest BCUT2D eigenvalue weighted by atomic mass is 32.2. The summed E-state index contributed by atoms with van der Waals surface area (Å²) in [5.41, 5.74) is 0.198. The number of rotatable bonds is 4. The van der Waals surface area contributed by atoms with E-state index < -0.39 is 0 Å². The summed E-state index contributed by atoms with van der Waals surface area (Å²) in [6.45, 7) is 4.38. The summed E-state index contributed by atoms with van der Waals surface area (Å²) in [4.78, 5) is 10.4. The third-order valence-corrected chi connectivity index (χ3v) is 5.19. The molecule has 0 saturated carbocycles. The summed E-state index contributed by atoms with van der Waals surface area (Å²) >= 11 is 4.13. The van der Waals surface area contributed by atoms with Crippen molar-refractivity contribution in [2.45, 2.75) is 37.7 Å². The molecule has 1 heterocycles. The summed E-state index contributed by atoms with van der Waals surface area (Å²) < 4.78 is 0.726. The van der Waals surface area contributed by atoms with Gasteiger partial charge < -0.3 is 4.79 Å². The Morgan fingerprint density at radius 3 is 2.54 bits per heavy atom. The standard InChI is InChI=1S/C10H18OS2/c1-10(2,4-5-11)8-9-12-6-3-7-13-9/h5,9H,3-4,6-8H2,1-2H3. The lowest BCUT2D eigenvalue weighted by Gasteiger charge is -2.29. The third-order valence-electron chi connectivity index (χ3n) is 2.25. The van der Waals surface area contributed by atoms with Crippen LogP contribution in [-0.4, -0.2) is 22.4 Å². The highest BCUT2D eigenvalue weighted by Gasteiger charge is 2.24. The van der Waals surface area contributed by atoms with Gasteiger partial charge in [0.1, 0.15) is 6.29 Å². The quantitative estimate of drug-likeness (QED) is 0.675. The molecule has 1 aliphatic heterocycles. The summed E-state index contributed by atoms with van der Waals surface area (Å²) in [7, 11) is 0. The maximum atomic E-state index is 10.4. The van der Waals surface area contributed by atoms with Crippen LogP contribution in [0.15, 0.2) is 0 Å². The monoisotopic (exact) mass is 218 g/mol. The number of thioether (sulfide) groups is 2. The fourth-order valence-corrected chi connectivity index (χ4v) is 4.85. The molecule has 1 fully saturated rings. The second kappa shape index (κ2) is 5.30. The molecule has 0 N–H and O–H groups in total. The van der Waals surface area contributed by atoms with Gasteiger partial charge >= 0.3 is 0 Å². The molecule has 0 spiro atoms. The van der Waals surface area contributed by atoms with Crippen LogP contribution in [0.5, 0.6) is 0 Å². The van der Waals surface area contributed by atoms with Gasteiger partial charge in [-0.25, -0.2) is 0 Å². The average Bonchev–Trinajstić information content (AvgIpc) is 2.04. The molecule has 0 bridgehead atoms. The van der Waals surface area contributed by atoms with Crippen molar-refractivity contribution >= 4 is 29.8 Å². The zero-order valence-electron chi connectivity index (χ0n) is 8.41. The molecular formula is C10H18OS2. The minimum Gasteiger partial charge on any atom is -0.303 e. The van der Waals surface area contributed by atoms with Gasteiger partial charge in [-0.05, 0) is 29.8 Å². The number of carbonyl (C=O) groups excluding carboxylic acids is 1. The molecule has 1 nitrogen and oxygen atoms in total. The SMILES string of the molecule is CC(C)(CC=O)CC1SCCCS1. The van der Waals surface area contributed by atoms with Crippen LogP contribution in [0.25, 0.3) is 0 Å². The molecule has 3 heteroatoms. The van der Waals surface area contributed by atoms with E-state index in [-0.39, 0.29) is 5.41 Å². The van der Waals surface area contributed by atoms with E-state index in [9.17, 15) is 4.79 Å². The molecule has 0 aromatic heterocycles. The van der Waals surface area contributed by atoms with Gasteiger partial charge in [-0.2, -0.15) is 0 Å². The fraction of sp³-hybridized carbons (Fsp3) is 0.900. The molecule has 0 aromatic carbocycles. The molecule has 0 atom stereocenters. The fourth-order valence-electron chi connectivity index (χ4n) is 1.41. The maximum absolute atomic E-state index is 10.4. The van der Waals surface area contributed by atoms with Gasteiger partial charge in [-0.15, -0.1) is 23.5 Å². The summed E-state index contributed by atoms with van der Waals surface area (Å²) in [6, 6.07) is 0. The Labute approximate surface area is 89.4 Å². The van der Waals surface area contributed by atoms with Crippen LogP contribution in [0.2, 0.25) is 0 Å². The van der Waals surface area contributed by atoms with E-state index in [1.165, 1.54) is 24.3 Å². The van der Waals surface area contributed by atoms with Gasteiger partial charge in [-0.3, -0.25) is 0 Å². The van der Waals surface area contributed by atoms with E-state index in [1.807, 2.05) is 0 Å². The van der Waals surface area contributed by atoms with Crippen LogP contribution in [0.4, 0.5) is 0 Å². The lowest BCUT2D eigenvalue weighted by Crippen LogP contribution is -2.19. The lowest BCUT2D eigenvalue weighted by atomic mass is 9.87. The van der Waals surface area contributed by atoms with Crippen molar-refractivity contribution in [3.63, 3.8) is 0 Å². The van der Waals surface area contributed by atoms with Crippen molar-refractivity contribution in [2.24, 2.45) is 5.41 Å². The second-order valence-corrected chi connectivity index (χ2v) is 7.18. The largest absolute Gasteiger partial charge is 0.303 e. The Morgan fingerprint density at radius 1 is 1.38 bits per heavy atom. The molecule has 0 radical (unpaired) electrons. The zero-order chi connectivity index (χ0) is 9.73. The number of carbonyl (C=O) groups is 1. The molecule has 76 valence electrons. The first kappa shape index (κ1) is 11.4. The van der Waals surface area contributed by atoms with Crippen LogP contribution >= 0.6 is 23.5 Å². The predicted molar refractivity (Wildman–Crippen MR) is 62.4 cm³/mol. The molecule has 1 aliphatic rings. The average molecular weight is 218 g/mol. The van der Waals surface area contributed by atoms with Crippen molar-refractivity contribution in [1.82, 2.24) is 0 Å². The Hall–Kier alpha value is 0.370. The Balaban J connectivity index is 2.32. The second-order valence-electron chi connectivity index (χ2n) is 4.26. The van der Waals surface area contributed by atoms with E-state index in [1.54, 1.807) is 0 Å². The molecule has 0 aliphatic carbocycles. The first-order valence-corrected chi connectivity index (χ1v) is 6.91. The van der Waals surface area contributed by atoms with E-state index in [2.05, 4.69) is 37.4 Å². The van der Waals surface area contributed by atoms with Crippen molar-refractivity contribution in [1.29, 1.82) is 0 Å². The zero-order valence-corrected chi connectivity index (χ0v) is 10.0. The van der Waals surface area contributed by atoms with E-state index in [4.69, 9.17) is 0 Å². The maximum Gasteiger partial charge on any atom is 0.120 e. The lowest BCUT2D eigenvalue weighted by molar-refractivity contribution is -0.109. The third kappa shape index (κ3) is 4.41. The molecular weight excluding hydrogens is 200 g/mol. The van der Waals surface area contributed by atoms with Crippen LogP contribution in [0, 0.1) is 5.41 Å². The van der Waals surface area contributed by atoms with Crippen molar-refractivity contribution in [3.8, 4) is 0 Å².